The fourth-order valence-corrected chi connectivity index (χ4v) is 2.75. The van der Waals surface area contributed by atoms with Gasteiger partial charge in [0, 0.05) is 18.2 Å². The number of benzene rings is 3. The Kier molecular flexibility index (Phi) is 5.74. The van der Waals surface area contributed by atoms with Gasteiger partial charge in [0.15, 0.2) is 0 Å². The van der Waals surface area contributed by atoms with Crippen LogP contribution in [0, 0.1) is 10.1 Å². The number of non-ortho nitro benzene ring substituents is 1. The van der Waals surface area contributed by atoms with E-state index in [1.165, 1.54) is 18.2 Å². The highest BCUT2D eigenvalue weighted by molar-refractivity contribution is 5.92. The SMILES string of the molecule is O=C(/C=C/c1cccc([N+](=O)[O-])c1)NC(c1ccccc1)c1ccccc1. The minimum absolute atomic E-state index is 0.0102. The minimum Gasteiger partial charge on any atom is -0.342 e. The fourth-order valence-electron chi connectivity index (χ4n) is 2.75. The summed E-state index contributed by atoms with van der Waals surface area (Å²) in [7, 11) is 0. The summed E-state index contributed by atoms with van der Waals surface area (Å²) in [6, 6.07) is 25.3. The number of nitrogens with one attached hydrogen (secondary N) is 1. The Balaban J connectivity index is 1.79. The second-order valence-electron chi connectivity index (χ2n) is 5.95. The van der Waals surface area contributed by atoms with Crippen molar-refractivity contribution in [3.05, 3.63) is 118 Å². The summed E-state index contributed by atoms with van der Waals surface area (Å²) in [5.74, 6) is -0.279. The van der Waals surface area contributed by atoms with Crippen molar-refractivity contribution in [1.29, 1.82) is 0 Å². The van der Waals surface area contributed by atoms with Gasteiger partial charge < -0.3 is 5.32 Å². The molecular weight excluding hydrogens is 340 g/mol. The zero-order valence-electron chi connectivity index (χ0n) is 14.5. The van der Waals surface area contributed by atoms with Crippen molar-refractivity contribution in [3.63, 3.8) is 0 Å². The number of hydrogen-bond acceptors (Lipinski definition) is 3. The van der Waals surface area contributed by atoms with Crippen molar-refractivity contribution in [1.82, 2.24) is 5.32 Å². The van der Waals surface area contributed by atoms with Gasteiger partial charge in [-0.15, -0.1) is 0 Å². The van der Waals surface area contributed by atoms with Crippen LogP contribution in [-0.2, 0) is 4.79 Å². The van der Waals surface area contributed by atoms with E-state index in [1.54, 1.807) is 18.2 Å². The molecule has 0 unspecified atom stereocenters. The van der Waals surface area contributed by atoms with Crippen LogP contribution in [0.15, 0.2) is 91.0 Å². The standard InChI is InChI=1S/C22H18N2O3/c25-21(15-14-17-8-7-13-20(16-17)24(26)27)23-22(18-9-3-1-4-10-18)19-11-5-2-6-12-19/h1-16,22H,(H,23,25)/b15-14+. The van der Waals surface area contributed by atoms with E-state index in [4.69, 9.17) is 0 Å². The lowest BCUT2D eigenvalue weighted by molar-refractivity contribution is -0.384. The number of nitrogens with zero attached hydrogens (tertiary/aromatic N) is 1. The highest BCUT2D eigenvalue weighted by Crippen LogP contribution is 2.22. The van der Waals surface area contributed by atoms with Gasteiger partial charge in [0.25, 0.3) is 5.69 Å². The largest absolute Gasteiger partial charge is 0.342 e. The van der Waals surface area contributed by atoms with Crippen LogP contribution in [0.3, 0.4) is 0 Å². The van der Waals surface area contributed by atoms with E-state index in [2.05, 4.69) is 5.32 Å². The molecule has 0 aliphatic heterocycles. The Morgan fingerprint density at radius 2 is 1.48 bits per heavy atom. The molecule has 5 nitrogen and oxygen atoms in total. The molecule has 0 atom stereocenters. The third-order valence-corrected chi connectivity index (χ3v) is 4.06. The predicted octanol–water partition coefficient (Wildman–Crippen LogP) is 4.51. The highest BCUT2D eigenvalue weighted by atomic mass is 16.6. The highest BCUT2D eigenvalue weighted by Gasteiger charge is 2.15. The monoisotopic (exact) mass is 358 g/mol. The molecule has 0 aliphatic carbocycles. The molecule has 0 spiro atoms. The van der Waals surface area contributed by atoms with Crippen LogP contribution < -0.4 is 5.32 Å². The molecule has 0 aromatic heterocycles. The van der Waals surface area contributed by atoms with Crippen LogP contribution in [0.25, 0.3) is 6.08 Å². The molecule has 0 bridgehead atoms. The fraction of sp³-hybridized carbons (Fsp3) is 0.0455. The minimum atomic E-state index is -0.460. The van der Waals surface area contributed by atoms with Gasteiger partial charge in [0.1, 0.15) is 0 Å². The molecule has 1 N–H and O–H groups in total. The predicted molar refractivity (Wildman–Crippen MR) is 105 cm³/mol. The van der Waals surface area contributed by atoms with Gasteiger partial charge >= 0.3 is 0 Å². The van der Waals surface area contributed by atoms with E-state index >= 15 is 0 Å². The zero-order chi connectivity index (χ0) is 19.1. The first-order valence-corrected chi connectivity index (χ1v) is 8.46. The molecule has 0 saturated carbocycles. The molecule has 0 heterocycles. The van der Waals surface area contributed by atoms with E-state index < -0.39 is 4.92 Å². The van der Waals surface area contributed by atoms with E-state index in [0.717, 1.165) is 11.1 Å². The molecule has 0 radical (unpaired) electrons. The summed E-state index contributed by atoms with van der Waals surface area (Å²) in [5, 5.41) is 13.9. The molecule has 27 heavy (non-hydrogen) atoms. The lowest BCUT2D eigenvalue weighted by Crippen LogP contribution is -2.27. The third kappa shape index (κ3) is 4.89. The summed E-state index contributed by atoms with van der Waals surface area (Å²) in [6.07, 6.45) is 2.95. The summed E-state index contributed by atoms with van der Waals surface area (Å²) in [4.78, 5) is 22.9. The smallest absolute Gasteiger partial charge is 0.270 e. The van der Waals surface area contributed by atoms with Gasteiger partial charge in [0.05, 0.1) is 11.0 Å². The van der Waals surface area contributed by atoms with Crippen molar-refractivity contribution in [2.75, 3.05) is 0 Å². The molecule has 1 amide bonds. The van der Waals surface area contributed by atoms with E-state index in [1.807, 2.05) is 60.7 Å². The number of nitro groups is 1. The van der Waals surface area contributed by atoms with Gasteiger partial charge in [-0.05, 0) is 22.8 Å². The van der Waals surface area contributed by atoms with Crippen molar-refractivity contribution < 1.29 is 9.72 Å². The van der Waals surface area contributed by atoms with Gasteiger partial charge in [-0.2, -0.15) is 0 Å². The summed E-state index contributed by atoms with van der Waals surface area (Å²) >= 11 is 0. The first-order valence-electron chi connectivity index (χ1n) is 8.46. The number of carbonyl (C=O) groups excluding carboxylic acids is 1. The van der Waals surface area contributed by atoms with Crippen LogP contribution in [0.2, 0.25) is 0 Å². The Morgan fingerprint density at radius 1 is 0.889 bits per heavy atom. The van der Waals surface area contributed by atoms with Crippen LogP contribution in [0.4, 0.5) is 5.69 Å². The second-order valence-corrected chi connectivity index (χ2v) is 5.95. The van der Waals surface area contributed by atoms with Crippen molar-refractivity contribution >= 4 is 17.7 Å². The van der Waals surface area contributed by atoms with Crippen LogP contribution in [-0.4, -0.2) is 10.8 Å². The normalized spacial score (nSPS) is 10.9. The quantitative estimate of drug-likeness (QED) is 0.400. The van der Waals surface area contributed by atoms with E-state index in [0.29, 0.717) is 5.56 Å². The van der Waals surface area contributed by atoms with Crippen LogP contribution >= 0.6 is 0 Å². The Bertz CT molecular complexity index is 914. The topological polar surface area (TPSA) is 72.2 Å². The molecule has 3 rings (SSSR count). The number of carbonyl (C=O) groups is 1. The maximum Gasteiger partial charge on any atom is 0.270 e. The second kappa shape index (κ2) is 8.58. The number of nitro benzene ring substituents is 1. The third-order valence-electron chi connectivity index (χ3n) is 4.06. The molecule has 0 fully saturated rings. The molecule has 134 valence electrons. The molecule has 0 aliphatic rings. The maximum atomic E-state index is 12.5. The van der Waals surface area contributed by atoms with Gasteiger partial charge in [-0.25, -0.2) is 0 Å². The molecule has 5 heteroatoms. The summed E-state index contributed by atoms with van der Waals surface area (Å²) in [6.45, 7) is 0. The van der Waals surface area contributed by atoms with Gasteiger partial charge in [-0.1, -0.05) is 72.8 Å². The first kappa shape index (κ1) is 18.1. The van der Waals surface area contributed by atoms with Crippen LogP contribution in [0.5, 0.6) is 0 Å². The average molecular weight is 358 g/mol. The number of hydrogen-bond donors (Lipinski definition) is 1. The van der Waals surface area contributed by atoms with E-state index in [-0.39, 0.29) is 17.6 Å². The average Bonchev–Trinajstić information content (AvgIpc) is 2.72. The summed E-state index contributed by atoms with van der Waals surface area (Å²) in [5.41, 5.74) is 2.53. The lowest BCUT2D eigenvalue weighted by Gasteiger charge is -2.19. The maximum absolute atomic E-state index is 12.5. The van der Waals surface area contributed by atoms with E-state index in [9.17, 15) is 14.9 Å². The Labute approximate surface area is 157 Å². The zero-order valence-corrected chi connectivity index (χ0v) is 14.5. The molecular formula is C22H18N2O3. The van der Waals surface area contributed by atoms with Crippen LogP contribution in [0.1, 0.15) is 22.7 Å². The summed E-state index contributed by atoms with van der Waals surface area (Å²) < 4.78 is 0. The molecule has 0 saturated heterocycles. The van der Waals surface area contributed by atoms with Crippen molar-refractivity contribution in [2.45, 2.75) is 6.04 Å². The Hall–Kier alpha value is -3.73. The molecule has 3 aromatic carbocycles. The van der Waals surface area contributed by atoms with Gasteiger partial charge in [-0.3, -0.25) is 14.9 Å². The lowest BCUT2D eigenvalue weighted by atomic mass is 9.98. The van der Waals surface area contributed by atoms with Crippen molar-refractivity contribution in [2.24, 2.45) is 0 Å². The van der Waals surface area contributed by atoms with Gasteiger partial charge in [0.2, 0.25) is 5.91 Å². The number of rotatable bonds is 6. The van der Waals surface area contributed by atoms with Crippen molar-refractivity contribution in [3.8, 4) is 0 Å². The molecule has 3 aromatic rings. The number of amides is 1. The Morgan fingerprint density at radius 3 is 2.04 bits per heavy atom. The first-order chi connectivity index (χ1) is 13.1.